The van der Waals surface area contributed by atoms with Gasteiger partial charge in [-0.2, -0.15) is 0 Å². The predicted octanol–water partition coefficient (Wildman–Crippen LogP) is 3.24. The van der Waals surface area contributed by atoms with Gasteiger partial charge in [-0.1, -0.05) is 46.3 Å². The summed E-state index contributed by atoms with van der Waals surface area (Å²) in [7, 11) is -3.47. The minimum Gasteiger partial charge on any atom is -0.207 e. The highest BCUT2D eigenvalue weighted by atomic mass is 79.9. The molecule has 0 heterocycles. The van der Waals surface area contributed by atoms with E-state index in [1.165, 1.54) is 0 Å². The van der Waals surface area contributed by atoms with Crippen molar-refractivity contribution < 1.29 is 8.42 Å². The molecule has 1 N–H and O–H groups in total. The molecule has 2 aromatic carbocycles. The van der Waals surface area contributed by atoms with Crippen molar-refractivity contribution in [2.45, 2.75) is 18.4 Å². The van der Waals surface area contributed by atoms with Gasteiger partial charge < -0.3 is 0 Å². The van der Waals surface area contributed by atoms with Crippen LogP contribution in [0.2, 0.25) is 0 Å². The fraction of sp³-hybridized carbons (Fsp3) is 0.143. The van der Waals surface area contributed by atoms with Crippen molar-refractivity contribution in [1.82, 2.24) is 4.72 Å². The van der Waals surface area contributed by atoms with E-state index >= 15 is 0 Å². The van der Waals surface area contributed by atoms with Gasteiger partial charge in [-0.25, -0.2) is 13.1 Å². The lowest BCUT2D eigenvalue weighted by Crippen LogP contribution is -2.23. The molecule has 0 aliphatic carbocycles. The third-order valence-electron chi connectivity index (χ3n) is 2.74. The number of sulfonamides is 1. The molecule has 2 aromatic rings. The average molecular weight is 340 g/mol. The molecule has 5 heteroatoms. The number of benzene rings is 2. The van der Waals surface area contributed by atoms with Crippen LogP contribution in [0.15, 0.2) is 57.9 Å². The normalized spacial score (nSPS) is 11.5. The number of hydrogen-bond acceptors (Lipinski definition) is 2. The highest BCUT2D eigenvalue weighted by molar-refractivity contribution is 9.10. The van der Waals surface area contributed by atoms with E-state index in [2.05, 4.69) is 20.7 Å². The minimum atomic E-state index is -3.47. The first-order chi connectivity index (χ1) is 8.99. The van der Waals surface area contributed by atoms with Crippen molar-refractivity contribution in [2.24, 2.45) is 0 Å². The molecule has 19 heavy (non-hydrogen) atoms. The molecule has 3 nitrogen and oxygen atoms in total. The van der Waals surface area contributed by atoms with E-state index in [1.807, 2.05) is 30.3 Å². The third-order valence-corrected chi connectivity index (χ3v) is 4.79. The molecule has 0 fully saturated rings. The molecule has 100 valence electrons. The van der Waals surface area contributed by atoms with Gasteiger partial charge in [-0.15, -0.1) is 0 Å². The fourth-order valence-corrected chi connectivity index (χ4v) is 3.47. The number of halogens is 1. The maximum absolute atomic E-state index is 12.2. The highest BCUT2D eigenvalue weighted by Gasteiger charge is 2.15. The first kappa shape index (κ1) is 14.2. The van der Waals surface area contributed by atoms with Gasteiger partial charge in [0.1, 0.15) is 0 Å². The van der Waals surface area contributed by atoms with E-state index in [9.17, 15) is 8.42 Å². The molecule has 0 amide bonds. The van der Waals surface area contributed by atoms with Crippen LogP contribution in [0, 0.1) is 6.92 Å². The second-order valence-corrected chi connectivity index (χ2v) is 6.87. The van der Waals surface area contributed by atoms with Crippen molar-refractivity contribution in [3.63, 3.8) is 0 Å². The van der Waals surface area contributed by atoms with Crippen LogP contribution in [0.25, 0.3) is 0 Å². The molecule has 0 radical (unpaired) electrons. The van der Waals surface area contributed by atoms with Crippen LogP contribution >= 0.6 is 15.9 Å². The van der Waals surface area contributed by atoms with E-state index in [4.69, 9.17) is 0 Å². The fourth-order valence-electron chi connectivity index (χ4n) is 1.76. The number of rotatable bonds is 4. The average Bonchev–Trinajstić information content (AvgIpc) is 2.37. The summed E-state index contributed by atoms with van der Waals surface area (Å²) >= 11 is 3.36. The van der Waals surface area contributed by atoms with E-state index in [-0.39, 0.29) is 6.54 Å². The topological polar surface area (TPSA) is 46.2 Å². The summed E-state index contributed by atoms with van der Waals surface area (Å²) in [4.78, 5) is 0.324. The summed E-state index contributed by atoms with van der Waals surface area (Å²) in [6.07, 6.45) is 0. The molecule has 0 aliphatic rings. The summed E-state index contributed by atoms with van der Waals surface area (Å²) in [5.74, 6) is 0. The van der Waals surface area contributed by atoms with Gasteiger partial charge in [-0.3, -0.25) is 0 Å². The van der Waals surface area contributed by atoms with Crippen LogP contribution in [-0.4, -0.2) is 8.42 Å². The minimum absolute atomic E-state index is 0.274. The Labute approximate surface area is 121 Å². The Morgan fingerprint density at radius 2 is 1.84 bits per heavy atom. The van der Waals surface area contributed by atoms with Crippen LogP contribution in [0.3, 0.4) is 0 Å². The van der Waals surface area contributed by atoms with E-state index < -0.39 is 10.0 Å². The quantitative estimate of drug-likeness (QED) is 0.929. The van der Waals surface area contributed by atoms with Gasteiger partial charge in [0.25, 0.3) is 0 Å². The van der Waals surface area contributed by atoms with Gasteiger partial charge in [0.15, 0.2) is 0 Å². The molecule has 0 atom stereocenters. The molecule has 0 bridgehead atoms. The van der Waals surface area contributed by atoms with Crippen LogP contribution in [0.5, 0.6) is 0 Å². The number of aryl methyl sites for hydroxylation is 1. The van der Waals surface area contributed by atoms with E-state index in [0.717, 1.165) is 15.6 Å². The lowest BCUT2D eigenvalue weighted by atomic mass is 10.2. The maximum Gasteiger partial charge on any atom is 0.241 e. The molecule has 0 saturated heterocycles. The second kappa shape index (κ2) is 5.86. The Morgan fingerprint density at radius 3 is 2.53 bits per heavy atom. The van der Waals surface area contributed by atoms with Crippen molar-refractivity contribution >= 4 is 26.0 Å². The van der Waals surface area contributed by atoms with Gasteiger partial charge >= 0.3 is 0 Å². The van der Waals surface area contributed by atoms with Gasteiger partial charge in [-0.05, 0) is 36.2 Å². The molecular formula is C14H14BrNO2S. The molecule has 0 saturated carbocycles. The first-order valence-electron chi connectivity index (χ1n) is 5.79. The Kier molecular flexibility index (Phi) is 4.39. The molecule has 0 aromatic heterocycles. The van der Waals surface area contributed by atoms with Crippen molar-refractivity contribution in [3.8, 4) is 0 Å². The summed E-state index contributed by atoms with van der Waals surface area (Å²) in [6.45, 7) is 2.06. The summed E-state index contributed by atoms with van der Waals surface area (Å²) in [5, 5.41) is 0. The second-order valence-electron chi connectivity index (χ2n) is 4.22. The zero-order valence-electron chi connectivity index (χ0n) is 10.4. The molecular weight excluding hydrogens is 326 g/mol. The smallest absolute Gasteiger partial charge is 0.207 e. The lowest BCUT2D eigenvalue weighted by molar-refractivity contribution is 0.580. The van der Waals surface area contributed by atoms with Gasteiger partial charge in [0, 0.05) is 11.0 Å². The lowest BCUT2D eigenvalue weighted by Gasteiger charge is -2.09. The summed E-state index contributed by atoms with van der Waals surface area (Å²) in [5.41, 5.74) is 1.65. The predicted molar refractivity (Wildman–Crippen MR) is 79.3 cm³/mol. The summed E-state index contributed by atoms with van der Waals surface area (Å²) < 4.78 is 27.9. The SMILES string of the molecule is Cc1ccccc1S(=O)(=O)NCc1cccc(Br)c1. The maximum atomic E-state index is 12.2. The Bertz CT molecular complexity index is 683. The molecule has 2 rings (SSSR count). The first-order valence-corrected chi connectivity index (χ1v) is 8.06. The van der Waals surface area contributed by atoms with Crippen LogP contribution < -0.4 is 4.72 Å². The van der Waals surface area contributed by atoms with Crippen molar-refractivity contribution in [3.05, 3.63) is 64.1 Å². The third kappa shape index (κ3) is 3.65. The highest BCUT2D eigenvalue weighted by Crippen LogP contribution is 2.15. The zero-order valence-corrected chi connectivity index (χ0v) is 12.8. The van der Waals surface area contributed by atoms with Crippen molar-refractivity contribution in [2.75, 3.05) is 0 Å². The van der Waals surface area contributed by atoms with Gasteiger partial charge in [0.05, 0.1) is 4.90 Å². The van der Waals surface area contributed by atoms with Crippen molar-refractivity contribution in [1.29, 1.82) is 0 Å². The number of nitrogens with one attached hydrogen (secondary N) is 1. The summed E-state index contributed by atoms with van der Waals surface area (Å²) in [6, 6.07) is 14.5. The van der Waals surface area contributed by atoms with Crippen LogP contribution in [-0.2, 0) is 16.6 Å². The molecule has 0 spiro atoms. The van der Waals surface area contributed by atoms with E-state index in [1.54, 1.807) is 25.1 Å². The monoisotopic (exact) mass is 339 g/mol. The molecule has 0 aliphatic heterocycles. The zero-order chi connectivity index (χ0) is 13.9. The van der Waals surface area contributed by atoms with E-state index in [0.29, 0.717) is 4.90 Å². The Balaban J connectivity index is 2.17. The Morgan fingerprint density at radius 1 is 1.11 bits per heavy atom. The Hall–Kier alpha value is -1.17. The van der Waals surface area contributed by atoms with Crippen LogP contribution in [0.4, 0.5) is 0 Å². The molecule has 0 unspecified atom stereocenters. The number of hydrogen-bond donors (Lipinski definition) is 1. The standard InChI is InChI=1S/C14H14BrNO2S/c1-11-5-2-3-8-14(11)19(17,18)16-10-12-6-4-7-13(15)9-12/h2-9,16H,10H2,1H3. The van der Waals surface area contributed by atoms with Crippen LogP contribution in [0.1, 0.15) is 11.1 Å². The largest absolute Gasteiger partial charge is 0.241 e. The van der Waals surface area contributed by atoms with Gasteiger partial charge in [0.2, 0.25) is 10.0 Å².